The van der Waals surface area contributed by atoms with Gasteiger partial charge in [-0.05, 0) is 62.7 Å². The zero-order chi connectivity index (χ0) is 20.1. The largest absolute Gasteiger partial charge is 0.363 e. The summed E-state index contributed by atoms with van der Waals surface area (Å²) >= 11 is 0. The van der Waals surface area contributed by atoms with E-state index in [1.807, 2.05) is 25.1 Å². The Balaban J connectivity index is 1.39. The van der Waals surface area contributed by atoms with Crippen LogP contribution in [0.25, 0.3) is 10.9 Å². The Morgan fingerprint density at radius 3 is 2.62 bits per heavy atom. The number of likely N-dealkylation sites (tertiary alicyclic amines) is 1. The van der Waals surface area contributed by atoms with Crippen molar-refractivity contribution in [3.8, 4) is 0 Å². The van der Waals surface area contributed by atoms with Crippen LogP contribution < -0.4 is 10.2 Å². The summed E-state index contributed by atoms with van der Waals surface area (Å²) in [7, 11) is 2.18. The third kappa shape index (κ3) is 3.17. The molecule has 150 valence electrons. The molecule has 0 saturated carbocycles. The monoisotopic (exact) mass is 392 g/mol. The number of nitrogens with zero attached hydrogens (tertiary/aromatic N) is 2. The summed E-state index contributed by atoms with van der Waals surface area (Å²) in [6, 6.07) is 13.8. The molecule has 3 aromatic rings. The number of likely N-dealkylation sites (N-methyl/N-ethyl adjacent to an activating group) is 1. The summed E-state index contributed by atoms with van der Waals surface area (Å²) in [4.78, 5) is 20.8. The number of aromatic nitrogens is 1. The van der Waals surface area contributed by atoms with Crippen LogP contribution >= 0.6 is 0 Å². The predicted octanol–water partition coefficient (Wildman–Crippen LogP) is 4.15. The van der Waals surface area contributed by atoms with E-state index >= 15 is 0 Å². The molecule has 2 aliphatic rings. The van der Waals surface area contributed by atoms with Gasteiger partial charge in [-0.15, -0.1) is 0 Å². The summed E-state index contributed by atoms with van der Waals surface area (Å²) in [5, 5.41) is 3.41. The number of H-pyrrole nitrogens is 1. The van der Waals surface area contributed by atoms with Crippen LogP contribution in [0.1, 0.15) is 28.9 Å². The molecule has 0 aliphatic carbocycles. The minimum absolute atomic E-state index is 0.265. The third-order valence-corrected chi connectivity index (χ3v) is 6.26. The van der Waals surface area contributed by atoms with Crippen LogP contribution in [0.15, 0.2) is 42.5 Å². The molecule has 0 radical (unpaired) electrons. The van der Waals surface area contributed by atoms with Crippen LogP contribution in [-0.2, 0) is 0 Å². The van der Waals surface area contributed by atoms with Crippen LogP contribution in [0, 0.1) is 12.7 Å². The molecule has 1 amide bonds. The summed E-state index contributed by atoms with van der Waals surface area (Å²) in [5.74, 6) is -0.591. The Bertz CT molecular complexity index is 1040. The van der Waals surface area contributed by atoms with E-state index in [1.165, 1.54) is 18.9 Å². The van der Waals surface area contributed by atoms with Crippen molar-refractivity contribution in [2.75, 3.05) is 30.4 Å². The zero-order valence-electron chi connectivity index (χ0n) is 16.7. The Morgan fingerprint density at radius 2 is 1.90 bits per heavy atom. The number of fused-ring (bicyclic) bond motifs is 3. The van der Waals surface area contributed by atoms with Gasteiger partial charge >= 0.3 is 0 Å². The number of hydrogen-bond donors (Lipinski definition) is 2. The first-order valence-corrected chi connectivity index (χ1v) is 10.2. The van der Waals surface area contributed by atoms with E-state index in [0.29, 0.717) is 28.7 Å². The zero-order valence-corrected chi connectivity index (χ0v) is 16.7. The topological polar surface area (TPSA) is 51.4 Å². The number of carbonyl (C=O) groups excluding carboxylic acids is 1. The SMILES string of the molecule is Cc1ccc(F)c2cc(C(=O)Nc3cccc(N4C5CCC4CN(C)C5)c3)[nH]c12. The van der Waals surface area contributed by atoms with Gasteiger partial charge in [-0.3, -0.25) is 4.79 Å². The molecule has 2 bridgehead atoms. The number of anilines is 2. The van der Waals surface area contributed by atoms with Gasteiger partial charge in [0.2, 0.25) is 0 Å². The highest BCUT2D eigenvalue weighted by atomic mass is 19.1. The van der Waals surface area contributed by atoms with Gasteiger partial charge in [-0.25, -0.2) is 4.39 Å². The van der Waals surface area contributed by atoms with Crippen molar-refractivity contribution in [1.29, 1.82) is 0 Å². The van der Waals surface area contributed by atoms with Crippen LogP contribution in [0.2, 0.25) is 0 Å². The minimum Gasteiger partial charge on any atom is -0.363 e. The van der Waals surface area contributed by atoms with Crippen molar-refractivity contribution in [3.05, 3.63) is 59.5 Å². The molecule has 6 heteroatoms. The van der Waals surface area contributed by atoms with Crippen molar-refractivity contribution >= 4 is 28.2 Å². The standard InChI is InChI=1S/C23H25FN4O/c1-14-6-9-20(24)19-11-21(26-22(14)19)23(29)25-15-4-3-5-16(10-15)28-17-7-8-18(28)13-27(2)12-17/h3-6,9-11,17-18,26H,7-8,12-13H2,1-2H3,(H,25,29). The second-order valence-electron chi connectivity index (χ2n) is 8.35. The lowest BCUT2D eigenvalue weighted by Crippen LogP contribution is -2.52. The average Bonchev–Trinajstić information content (AvgIpc) is 3.26. The quantitative estimate of drug-likeness (QED) is 0.704. The number of hydrogen-bond acceptors (Lipinski definition) is 3. The van der Waals surface area contributed by atoms with E-state index in [9.17, 15) is 9.18 Å². The number of amides is 1. The minimum atomic E-state index is -0.326. The molecule has 5 nitrogen and oxygen atoms in total. The van der Waals surface area contributed by atoms with Crippen molar-refractivity contribution in [2.24, 2.45) is 0 Å². The second kappa shape index (κ2) is 6.88. The van der Waals surface area contributed by atoms with Gasteiger partial charge in [0.05, 0.1) is 5.52 Å². The summed E-state index contributed by atoms with van der Waals surface area (Å²) < 4.78 is 14.1. The first-order valence-electron chi connectivity index (χ1n) is 10.2. The number of aryl methyl sites for hydroxylation is 1. The second-order valence-corrected chi connectivity index (χ2v) is 8.35. The predicted molar refractivity (Wildman–Crippen MR) is 114 cm³/mol. The molecule has 2 saturated heterocycles. The van der Waals surface area contributed by atoms with Crippen LogP contribution in [0.5, 0.6) is 0 Å². The Hall–Kier alpha value is -2.86. The molecule has 1 aromatic heterocycles. The summed E-state index contributed by atoms with van der Waals surface area (Å²) in [6.45, 7) is 4.05. The lowest BCUT2D eigenvalue weighted by molar-refractivity contribution is 0.102. The van der Waals surface area contributed by atoms with Gasteiger partial charge in [0.1, 0.15) is 11.5 Å². The number of aromatic amines is 1. The van der Waals surface area contributed by atoms with E-state index in [2.05, 4.69) is 33.2 Å². The van der Waals surface area contributed by atoms with Gasteiger partial charge in [0.15, 0.2) is 0 Å². The van der Waals surface area contributed by atoms with E-state index in [1.54, 1.807) is 12.1 Å². The Morgan fingerprint density at radius 1 is 1.14 bits per heavy atom. The van der Waals surface area contributed by atoms with Crippen molar-refractivity contribution in [3.63, 3.8) is 0 Å². The van der Waals surface area contributed by atoms with Gasteiger partial charge in [0.25, 0.3) is 5.91 Å². The molecule has 29 heavy (non-hydrogen) atoms. The van der Waals surface area contributed by atoms with Gasteiger partial charge in [-0.2, -0.15) is 0 Å². The molecule has 2 aliphatic heterocycles. The molecule has 2 unspecified atom stereocenters. The van der Waals surface area contributed by atoms with Crippen molar-refractivity contribution in [1.82, 2.24) is 9.88 Å². The maximum atomic E-state index is 14.1. The molecule has 5 rings (SSSR count). The fraction of sp³-hybridized carbons (Fsp3) is 0.348. The molecule has 2 fully saturated rings. The van der Waals surface area contributed by atoms with Crippen molar-refractivity contribution < 1.29 is 9.18 Å². The van der Waals surface area contributed by atoms with E-state index < -0.39 is 0 Å². The van der Waals surface area contributed by atoms with E-state index in [-0.39, 0.29) is 11.7 Å². The highest BCUT2D eigenvalue weighted by Crippen LogP contribution is 2.35. The number of piperazine rings is 1. The van der Waals surface area contributed by atoms with Gasteiger partial charge in [-0.1, -0.05) is 12.1 Å². The lowest BCUT2D eigenvalue weighted by atomic mass is 10.1. The maximum absolute atomic E-state index is 14.1. The van der Waals surface area contributed by atoms with Crippen molar-refractivity contribution in [2.45, 2.75) is 31.8 Å². The smallest absolute Gasteiger partial charge is 0.272 e. The Labute approximate surface area is 169 Å². The first-order chi connectivity index (χ1) is 14.0. The summed E-state index contributed by atoms with van der Waals surface area (Å²) in [5.41, 5.74) is 3.84. The number of benzene rings is 2. The molecule has 2 atom stereocenters. The fourth-order valence-electron chi connectivity index (χ4n) is 4.93. The lowest BCUT2D eigenvalue weighted by Gasteiger charge is -2.41. The molecule has 2 N–H and O–H groups in total. The summed E-state index contributed by atoms with van der Waals surface area (Å²) in [6.07, 6.45) is 2.43. The molecule has 0 spiro atoms. The van der Waals surface area contributed by atoms with Crippen LogP contribution in [0.3, 0.4) is 0 Å². The normalized spacial score (nSPS) is 21.7. The molecule has 2 aromatic carbocycles. The Kier molecular flexibility index (Phi) is 4.32. The van der Waals surface area contributed by atoms with E-state index in [4.69, 9.17) is 0 Å². The molecule has 3 heterocycles. The average molecular weight is 392 g/mol. The third-order valence-electron chi connectivity index (χ3n) is 6.26. The van der Waals surface area contributed by atoms with Crippen LogP contribution in [0.4, 0.5) is 15.8 Å². The highest BCUT2D eigenvalue weighted by Gasteiger charge is 2.38. The number of rotatable bonds is 3. The van der Waals surface area contributed by atoms with Gasteiger partial charge < -0.3 is 20.1 Å². The number of nitrogens with one attached hydrogen (secondary N) is 2. The van der Waals surface area contributed by atoms with E-state index in [0.717, 1.165) is 30.0 Å². The van der Waals surface area contributed by atoms with Gasteiger partial charge in [0, 0.05) is 41.9 Å². The molecular weight excluding hydrogens is 367 g/mol. The highest BCUT2D eigenvalue weighted by molar-refractivity contribution is 6.06. The van der Waals surface area contributed by atoms with Crippen LogP contribution in [-0.4, -0.2) is 48.0 Å². The number of carbonyl (C=O) groups is 1. The number of halogens is 1. The fourth-order valence-corrected chi connectivity index (χ4v) is 4.93. The first kappa shape index (κ1) is 18.2. The molecular formula is C23H25FN4O. The maximum Gasteiger partial charge on any atom is 0.272 e.